The number of imidazole rings is 1. The predicted octanol–water partition coefficient (Wildman–Crippen LogP) is 5.48. The van der Waals surface area contributed by atoms with E-state index in [9.17, 15) is 4.79 Å². The molecule has 0 atom stereocenters. The van der Waals surface area contributed by atoms with E-state index in [1.165, 1.54) is 38.5 Å². The Morgan fingerprint density at radius 1 is 0.968 bits per heavy atom. The number of hydrogen-bond acceptors (Lipinski definition) is 3. The number of nitrogens with zero attached hydrogens (tertiary/aromatic N) is 4. The van der Waals surface area contributed by atoms with Crippen LogP contribution in [0.25, 0.3) is 22.4 Å². The molecule has 2 heterocycles. The van der Waals surface area contributed by atoms with Crippen LogP contribution in [-0.2, 0) is 0 Å². The summed E-state index contributed by atoms with van der Waals surface area (Å²) in [7, 11) is 2.01. The summed E-state index contributed by atoms with van der Waals surface area (Å²) >= 11 is 0. The fourth-order valence-electron chi connectivity index (χ4n) is 6.83. The molecular formula is C26H28N4O. The zero-order chi connectivity index (χ0) is 21.0. The highest BCUT2D eigenvalue weighted by atomic mass is 16.2. The average molecular weight is 413 g/mol. The Balaban J connectivity index is 1.25. The molecule has 4 aliphatic rings. The molecule has 31 heavy (non-hydrogen) atoms. The van der Waals surface area contributed by atoms with Gasteiger partial charge < -0.3 is 4.90 Å². The van der Waals surface area contributed by atoms with Gasteiger partial charge in [-0.25, -0.2) is 9.78 Å². The van der Waals surface area contributed by atoms with Crippen molar-refractivity contribution in [1.82, 2.24) is 19.4 Å². The van der Waals surface area contributed by atoms with Crippen LogP contribution in [-0.4, -0.2) is 38.1 Å². The molecule has 0 unspecified atom stereocenters. The lowest BCUT2D eigenvalue weighted by atomic mass is 9.52. The molecule has 4 saturated carbocycles. The van der Waals surface area contributed by atoms with E-state index >= 15 is 0 Å². The monoisotopic (exact) mass is 412 g/mol. The summed E-state index contributed by atoms with van der Waals surface area (Å²) in [6, 6.07) is 12.3. The lowest BCUT2D eigenvalue weighted by molar-refractivity contribution is -0.0620. The van der Waals surface area contributed by atoms with E-state index in [4.69, 9.17) is 0 Å². The topological polar surface area (TPSA) is 51.0 Å². The third kappa shape index (κ3) is 3.18. The van der Waals surface area contributed by atoms with Crippen molar-refractivity contribution >= 4 is 6.03 Å². The number of hydrogen-bond donors (Lipinski definition) is 0. The molecule has 7 rings (SSSR count). The maximum absolute atomic E-state index is 13.4. The van der Waals surface area contributed by atoms with Crippen molar-refractivity contribution in [2.75, 3.05) is 7.05 Å². The molecule has 5 nitrogen and oxygen atoms in total. The summed E-state index contributed by atoms with van der Waals surface area (Å²) in [5.74, 6) is 2.45. The number of pyridine rings is 1. The third-order valence-electron chi connectivity index (χ3n) is 7.98. The smallest absolute Gasteiger partial charge is 0.321 e. The number of amides is 1. The Morgan fingerprint density at radius 2 is 1.61 bits per heavy atom. The van der Waals surface area contributed by atoms with E-state index in [1.54, 1.807) is 23.3 Å². The fraction of sp³-hybridized carbons (Fsp3) is 0.423. The van der Waals surface area contributed by atoms with Crippen LogP contribution in [0, 0.1) is 17.8 Å². The number of benzene rings is 1. The normalized spacial score (nSPS) is 28.6. The maximum atomic E-state index is 13.4. The minimum atomic E-state index is 0.0472. The molecule has 3 aromatic rings. The van der Waals surface area contributed by atoms with Gasteiger partial charge in [0.1, 0.15) is 6.33 Å². The first-order valence-electron chi connectivity index (χ1n) is 11.4. The molecule has 0 N–H and O–H groups in total. The zero-order valence-corrected chi connectivity index (χ0v) is 17.9. The Labute approximate surface area is 183 Å². The van der Waals surface area contributed by atoms with E-state index in [-0.39, 0.29) is 11.6 Å². The van der Waals surface area contributed by atoms with Gasteiger partial charge in [-0.05, 0) is 85.6 Å². The lowest BCUT2D eigenvalue weighted by Gasteiger charge is -2.59. The number of carbonyl (C=O) groups is 1. The van der Waals surface area contributed by atoms with Crippen molar-refractivity contribution in [3.63, 3.8) is 0 Å². The highest BCUT2D eigenvalue weighted by Crippen LogP contribution is 2.57. The van der Waals surface area contributed by atoms with Crippen molar-refractivity contribution in [3.8, 4) is 22.4 Å². The van der Waals surface area contributed by atoms with Crippen LogP contribution in [0.4, 0.5) is 4.79 Å². The summed E-state index contributed by atoms with van der Waals surface area (Å²) in [4.78, 5) is 24.2. The largest absolute Gasteiger partial charge is 0.329 e. The van der Waals surface area contributed by atoms with Crippen molar-refractivity contribution in [2.24, 2.45) is 17.8 Å². The van der Waals surface area contributed by atoms with Gasteiger partial charge in [-0.3, -0.25) is 9.55 Å². The highest BCUT2D eigenvalue weighted by molar-refractivity contribution is 5.79. The second kappa shape index (κ2) is 7.04. The van der Waals surface area contributed by atoms with Crippen LogP contribution in [0.1, 0.15) is 38.5 Å². The Hall–Kier alpha value is -2.95. The molecule has 1 amide bonds. The van der Waals surface area contributed by atoms with Gasteiger partial charge in [0.05, 0.1) is 5.69 Å². The summed E-state index contributed by atoms with van der Waals surface area (Å²) in [5, 5.41) is 0. The minimum absolute atomic E-state index is 0.0472. The summed E-state index contributed by atoms with van der Waals surface area (Å²) < 4.78 is 1.67. The Kier molecular flexibility index (Phi) is 4.27. The molecule has 1 aromatic carbocycles. The second-order valence-electron chi connectivity index (χ2n) is 9.97. The first-order chi connectivity index (χ1) is 15.1. The van der Waals surface area contributed by atoms with Crippen LogP contribution < -0.4 is 0 Å². The van der Waals surface area contributed by atoms with E-state index in [1.807, 2.05) is 37.5 Å². The van der Waals surface area contributed by atoms with Gasteiger partial charge in [0, 0.05) is 36.7 Å². The van der Waals surface area contributed by atoms with Crippen LogP contribution in [0.2, 0.25) is 0 Å². The SMILES string of the molecule is CN(C(=O)n1cnc(-c2cccc(-c3ccncc3)c2)c1)C12CC3CC(CC(C3)C1)C2. The minimum Gasteiger partial charge on any atom is -0.321 e. The van der Waals surface area contributed by atoms with Crippen LogP contribution in [0.3, 0.4) is 0 Å². The predicted molar refractivity (Wildman–Crippen MR) is 120 cm³/mol. The zero-order valence-electron chi connectivity index (χ0n) is 17.9. The van der Waals surface area contributed by atoms with Crippen LogP contribution in [0.5, 0.6) is 0 Å². The van der Waals surface area contributed by atoms with Crippen LogP contribution >= 0.6 is 0 Å². The first-order valence-corrected chi connectivity index (χ1v) is 11.4. The molecule has 0 spiro atoms. The first kappa shape index (κ1) is 18.8. The summed E-state index contributed by atoms with van der Waals surface area (Å²) in [6.07, 6.45) is 14.8. The van der Waals surface area contributed by atoms with Crippen molar-refractivity contribution < 1.29 is 4.79 Å². The van der Waals surface area contributed by atoms with Crippen molar-refractivity contribution in [1.29, 1.82) is 0 Å². The molecule has 0 aliphatic heterocycles. The molecule has 4 aliphatic carbocycles. The molecule has 0 saturated heterocycles. The van der Waals surface area contributed by atoms with Gasteiger partial charge in [-0.1, -0.05) is 18.2 Å². The molecule has 2 aromatic heterocycles. The van der Waals surface area contributed by atoms with Gasteiger partial charge >= 0.3 is 6.03 Å². The molecule has 4 bridgehead atoms. The standard InChI is InChI=1S/C26H28N4O/c1-29(26-13-18-9-19(14-26)11-20(10-18)15-26)25(31)30-16-24(28-17-30)23-4-2-3-22(12-23)21-5-7-27-8-6-21/h2-8,12,16-20H,9-11,13-15H2,1H3. The highest BCUT2D eigenvalue weighted by Gasteiger charge is 2.54. The second-order valence-corrected chi connectivity index (χ2v) is 9.97. The van der Waals surface area contributed by atoms with Gasteiger partial charge in [0.2, 0.25) is 0 Å². The molecule has 4 fully saturated rings. The number of rotatable bonds is 3. The quantitative estimate of drug-likeness (QED) is 0.572. The van der Waals surface area contributed by atoms with E-state index in [0.717, 1.165) is 40.1 Å². The van der Waals surface area contributed by atoms with Crippen molar-refractivity contribution in [3.05, 3.63) is 61.3 Å². The number of carbonyl (C=O) groups excluding carboxylic acids is 1. The van der Waals surface area contributed by atoms with E-state index in [0.29, 0.717) is 0 Å². The molecular weight excluding hydrogens is 384 g/mol. The molecule has 5 heteroatoms. The Bertz CT molecular complexity index is 1080. The average Bonchev–Trinajstić information content (AvgIpc) is 3.28. The third-order valence-corrected chi connectivity index (χ3v) is 7.98. The Morgan fingerprint density at radius 3 is 2.29 bits per heavy atom. The van der Waals surface area contributed by atoms with Crippen LogP contribution in [0.15, 0.2) is 61.3 Å². The summed E-state index contributed by atoms with van der Waals surface area (Å²) in [6.45, 7) is 0. The van der Waals surface area contributed by atoms with Gasteiger partial charge in [-0.2, -0.15) is 0 Å². The fourth-order valence-corrected chi connectivity index (χ4v) is 6.83. The maximum Gasteiger partial charge on any atom is 0.329 e. The molecule has 158 valence electrons. The van der Waals surface area contributed by atoms with Crippen molar-refractivity contribution in [2.45, 2.75) is 44.1 Å². The van der Waals surface area contributed by atoms with E-state index in [2.05, 4.69) is 27.0 Å². The molecule has 0 radical (unpaired) electrons. The van der Waals surface area contributed by atoms with E-state index < -0.39 is 0 Å². The van der Waals surface area contributed by atoms with Gasteiger partial charge in [0.25, 0.3) is 0 Å². The van der Waals surface area contributed by atoms with Gasteiger partial charge in [0.15, 0.2) is 0 Å². The summed E-state index contributed by atoms with van der Waals surface area (Å²) in [5.41, 5.74) is 4.12. The lowest BCUT2D eigenvalue weighted by Crippen LogP contribution is -2.60. The number of aromatic nitrogens is 3. The van der Waals surface area contributed by atoms with Gasteiger partial charge in [-0.15, -0.1) is 0 Å².